The fourth-order valence-corrected chi connectivity index (χ4v) is 0.920. The van der Waals surface area contributed by atoms with Gasteiger partial charge in [0, 0.05) is 17.7 Å². The van der Waals surface area contributed by atoms with Gasteiger partial charge in [0.05, 0.1) is 0 Å². The first-order valence-corrected chi connectivity index (χ1v) is 3.56. The average molecular weight is 149 g/mol. The van der Waals surface area contributed by atoms with Crippen molar-refractivity contribution < 1.29 is 0 Å². The van der Waals surface area contributed by atoms with Crippen LogP contribution >= 0.6 is 0 Å². The van der Waals surface area contributed by atoms with Crippen LogP contribution in [0.1, 0.15) is 18.4 Å². The Labute approximate surface area is 65.6 Å². The van der Waals surface area contributed by atoms with E-state index >= 15 is 0 Å². The van der Waals surface area contributed by atoms with E-state index in [-0.39, 0.29) is 11.5 Å². The maximum Gasteiger partial charge on any atom is 0.251 e. The van der Waals surface area contributed by atoms with Gasteiger partial charge in [0.1, 0.15) is 0 Å². The zero-order valence-corrected chi connectivity index (χ0v) is 6.50. The summed E-state index contributed by atoms with van der Waals surface area (Å²) in [4.78, 5) is 13.7. The lowest BCUT2D eigenvalue weighted by atomic mass is 10.0. The van der Waals surface area contributed by atoms with Gasteiger partial charge in [-0.25, -0.2) is 0 Å². The van der Waals surface area contributed by atoms with E-state index in [1.807, 2.05) is 19.1 Å². The largest absolute Gasteiger partial charge is 0.329 e. The monoisotopic (exact) mass is 149 g/mol. The van der Waals surface area contributed by atoms with Gasteiger partial charge in [-0.3, -0.25) is 4.79 Å². The van der Waals surface area contributed by atoms with Gasteiger partial charge in [-0.1, -0.05) is 19.1 Å². The van der Waals surface area contributed by atoms with Crippen molar-refractivity contribution in [1.29, 1.82) is 0 Å². The van der Waals surface area contributed by atoms with Crippen LogP contribution in [0.25, 0.3) is 0 Å². The molecular formula is C9H11NO. The smallest absolute Gasteiger partial charge is 0.251 e. The van der Waals surface area contributed by atoms with Crippen LogP contribution < -0.4 is 5.56 Å². The van der Waals surface area contributed by atoms with E-state index in [1.165, 1.54) is 0 Å². The Morgan fingerprint density at radius 3 is 3.00 bits per heavy atom. The summed E-state index contributed by atoms with van der Waals surface area (Å²) in [5, 5.41) is 0. The Balaban J connectivity index is 3.13. The van der Waals surface area contributed by atoms with E-state index in [1.54, 1.807) is 12.3 Å². The SMILES string of the molecule is C=CC(C)c1ccc[nH]c1=O. The van der Waals surface area contributed by atoms with Crippen LogP contribution in [0, 0.1) is 0 Å². The summed E-state index contributed by atoms with van der Waals surface area (Å²) in [6.45, 7) is 5.57. The maximum atomic E-state index is 11.1. The van der Waals surface area contributed by atoms with E-state index in [9.17, 15) is 4.79 Å². The molecule has 2 heteroatoms. The third kappa shape index (κ3) is 1.58. The highest BCUT2D eigenvalue weighted by Crippen LogP contribution is 2.09. The van der Waals surface area contributed by atoms with Gasteiger partial charge in [-0.05, 0) is 6.07 Å². The fourth-order valence-electron chi connectivity index (χ4n) is 0.920. The summed E-state index contributed by atoms with van der Waals surface area (Å²) in [5.41, 5.74) is 0.738. The number of H-pyrrole nitrogens is 1. The van der Waals surface area contributed by atoms with Crippen molar-refractivity contribution in [2.24, 2.45) is 0 Å². The summed E-state index contributed by atoms with van der Waals surface area (Å²) in [5.74, 6) is 0.125. The predicted molar refractivity (Wildman–Crippen MR) is 45.7 cm³/mol. The van der Waals surface area contributed by atoms with Crippen LogP contribution in [0.4, 0.5) is 0 Å². The van der Waals surface area contributed by atoms with Crippen molar-refractivity contribution in [3.63, 3.8) is 0 Å². The molecule has 1 aromatic heterocycles. The number of rotatable bonds is 2. The number of hydrogen-bond donors (Lipinski definition) is 1. The number of aromatic nitrogens is 1. The number of hydrogen-bond acceptors (Lipinski definition) is 1. The summed E-state index contributed by atoms with van der Waals surface area (Å²) in [6, 6.07) is 3.63. The molecule has 0 radical (unpaired) electrons. The molecule has 0 aromatic carbocycles. The molecule has 1 heterocycles. The minimum Gasteiger partial charge on any atom is -0.329 e. The molecule has 0 spiro atoms. The van der Waals surface area contributed by atoms with Crippen LogP contribution in [0.15, 0.2) is 35.8 Å². The Kier molecular flexibility index (Phi) is 2.26. The quantitative estimate of drug-likeness (QED) is 0.637. The van der Waals surface area contributed by atoms with Crippen LogP contribution in [-0.4, -0.2) is 4.98 Å². The summed E-state index contributed by atoms with van der Waals surface area (Å²) < 4.78 is 0. The van der Waals surface area contributed by atoms with Gasteiger partial charge in [0.2, 0.25) is 0 Å². The highest BCUT2D eigenvalue weighted by Gasteiger charge is 2.03. The topological polar surface area (TPSA) is 32.9 Å². The Bertz CT molecular complexity index is 300. The molecule has 0 amide bonds. The van der Waals surface area contributed by atoms with Crippen molar-refractivity contribution >= 4 is 0 Å². The molecular weight excluding hydrogens is 138 g/mol. The highest BCUT2D eigenvalue weighted by molar-refractivity contribution is 5.17. The zero-order chi connectivity index (χ0) is 8.27. The Hall–Kier alpha value is -1.31. The molecule has 1 unspecified atom stereocenters. The van der Waals surface area contributed by atoms with Crippen LogP contribution in [-0.2, 0) is 0 Å². The number of nitrogens with one attached hydrogen (secondary N) is 1. The third-order valence-corrected chi connectivity index (χ3v) is 1.69. The van der Waals surface area contributed by atoms with Crippen molar-refractivity contribution in [2.75, 3.05) is 0 Å². The molecule has 0 saturated carbocycles. The first kappa shape index (κ1) is 7.79. The van der Waals surface area contributed by atoms with E-state index in [4.69, 9.17) is 0 Å². The van der Waals surface area contributed by atoms with Gasteiger partial charge in [0.15, 0.2) is 0 Å². The van der Waals surface area contributed by atoms with Gasteiger partial charge < -0.3 is 4.98 Å². The number of allylic oxidation sites excluding steroid dienone is 1. The van der Waals surface area contributed by atoms with E-state index in [0.29, 0.717) is 0 Å². The van der Waals surface area contributed by atoms with E-state index in [2.05, 4.69) is 11.6 Å². The first-order chi connectivity index (χ1) is 5.25. The lowest BCUT2D eigenvalue weighted by Crippen LogP contribution is -2.12. The van der Waals surface area contributed by atoms with Crippen molar-refractivity contribution in [2.45, 2.75) is 12.8 Å². The molecule has 58 valence electrons. The molecule has 2 nitrogen and oxygen atoms in total. The van der Waals surface area contributed by atoms with Gasteiger partial charge >= 0.3 is 0 Å². The zero-order valence-electron chi connectivity index (χ0n) is 6.50. The van der Waals surface area contributed by atoms with Gasteiger partial charge in [-0.2, -0.15) is 0 Å². The van der Waals surface area contributed by atoms with Crippen molar-refractivity contribution in [3.05, 3.63) is 46.9 Å². The number of aromatic amines is 1. The second-order valence-electron chi connectivity index (χ2n) is 2.48. The standard InChI is InChI=1S/C9H11NO/c1-3-7(2)8-5-4-6-10-9(8)11/h3-7H,1H2,2H3,(H,10,11). The predicted octanol–water partition coefficient (Wildman–Crippen LogP) is 1.66. The van der Waals surface area contributed by atoms with Crippen LogP contribution in [0.5, 0.6) is 0 Å². The minimum absolute atomic E-state index is 0.0279. The Morgan fingerprint density at radius 1 is 1.73 bits per heavy atom. The Morgan fingerprint density at radius 2 is 2.45 bits per heavy atom. The number of pyridine rings is 1. The average Bonchev–Trinajstić information content (AvgIpc) is 2.04. The molecule has 0 aliphatic rings. The molecule has 11 heavy (non-hydrogen) atoms. The maximum absolute atomic E-state index is 11.1. The summed E-state index contributed by atoms with van der Waals surface area (Å²) >= 11 is 0. The van der Waals surface area contributed by atoms with E-state index in [0.717, 1.165) is 5.56 Å². The van der Waals surface area contributed by atoms with Crippen LogP contribution in [0.3, 0.4) is 0 Å². The molecule has 0 saturated heterocycles. The fraction of sp³-hybridized carbons (Fsp3) is 0.222. The molecule has 0 fully saturated rings. The summed E-state index contributed by atoms with van der Waals surface area (Å²) in [7, 11) is 0. The molecule has 1 aromatic rings. The van der Waals surface area contributed by atoms with Crippen molar-refractivity contribution in [3.8, 4) is 0 Å². The third-order valence-electron chi connectivity index (χ3n) is 1.69. The molecule has 0 bridgehead atoms. The molecule has 1 atom stereocenters. The second kappa shape index (κ2) is 3.19. The van der Waals surface area contributed by atoms with E-state index < -0.39 is 0 Å². The lowest BCUT2D eigenvalue weighted by molar-refractivity contribution is 0.934. The first-order valence-electron chi connectivity index (χ1n) is 3.56. The second-order valence-corrected chi connectivity index (χ2v) is 2.48. The lowest BCUT2D eigenvalue weighted by Gasteiger charge is -2.02. The molecule has 0 aliphatic carbocycles. The molecule has 1 N–H and O–H groups in total. The minimum atomic E-state index is -0.0279. The molecule has 1 rings (SSSR count). The highest BCUT2D eigenvalue weighted by atomic mass is 16.1. The van der Waals surface area contributed by atoms with Crippen LogP contribution in [0.2, 0.25) is 0 Å². The van der Waals surface area contributed by atoms with Gasteiger partial charge in [0.25, 0.3) is 5.56 Å². The van der Waals surface area contributed by atoms with Gasteiger partial charge in [-0.15, -0.1) is 6.58 Å². The van der Waals surface area contributed by atoms with Crippen molar-refractivity contribution in [1.82, 2.24) is 4.98 Å². The molecule has 0 aliphatic heterocycles. The normalized spacial score (nSPS) is 12.5. The summed E-state index contributed by atoms with van der Waals surface area (Å²) in [6.07, 6.45) is 3.38.